The average Bonchev–Trinajstić information content (AvgIpc) is 2.74. The monoisotopic (exact) mass is 502 g/mol. The van der Waals surface area contributed by atoms with Crippen LogP contribution in [0.15, 0.2) is 11.6 Å². The Balaban J connectivity index is 1.83. The molecule has 202 valence electrons. The van der Waals surface area contributed by atoms with Crippen molar-refractivity contribution in [2.24, 2.45) is 50.2 Å². The number of aliphatic carboxylic acids is 3. The summed E-state index contributed by atoms with van der Waals surface area (Å²) in [5.74, 6) is -2.42. The van der Waals surface area contributed by atoms with Gasteiger partial charge in [-0.1, -0.05) is 39.3 Å². The molecule has 4 rings (SSSR count). The van der Waals surface area contributed by atoms with E-state index in [2.05, 4.69) is 26.8 Å². The molecule has 0 heterocycles. The van der Waals surface area contributed by atoms with Gasteiger partial charge in [0.1, 0.15) is 0 Å². The van der Waals surface area contributed by atoms with Crippen LogP contribution in [0.3, 0.4) is 0 Å². The Labute approximate surface area is 215 Å². The van der Waals surface area contributed by atoms with Gasteiger partial charge in [-0.25, -0.2) is 0 Å². The third-order valence-corrected chi connectivity index (χ3v) is 12.6. The van der Waals surface area contributed by atoms with Crippen LogP contribution in [0.4, 0.5) is 0 Å². The molecule has 4 aliphatic carbocycles. The van der Waals surface area contributed by atoms with E-state index < -0.39 is 34.2 Å². The molecule has 0 spiro atoms. The molecular formula is C30H46O6. The van der Waals surface area contributed by atoms with E-state index in [1.54, 1.807) is 13.8 Å². The van der Waals surface area contributed by atoms with E-state index in [0.29, 0.717) is 19.3 Å². The summed E-state index contributed by atoms with van der Waals surface area (Å²) in [5.41, 5.74) is -1.24. The lowest BCUT2D eigenvalue weighted by Gasteiger charge is -2.69. The molecule has 8 atom stereocenters. The van der Waals surface area contributed by atoms with Gasteiger partial charge < -0.3 is 15.3 Å². The molecule has 0 saturated heterocycles. The van der Waals surface area contributed by atoms with Crippen molar-refractivity contribution in [3.8, 4) is 0 Å². The quantitative estimate of drug-likeness (QED) is 0.363. The molecule has 0 unspecified atom stereocenters. The van der Waals surface area contributed by atoms with Gasteiger partial charge in [-0.15, -0.1) is 0 Å². The van der Waals surface area contributed by atoms with Gasteiger partial charge in [0.2, 0.25) is 0 Å². The fraction of sp³-hybridized carbons (Fsp3) is 0.833. The summed E-state index contributed by atoms with van der Waals surface area (Å²) < 4.78 is 0. The van der Waals surface area contributed by atoms with Gasteiger partial charge in [0.25, 0.3) is 0 Å². The van der Waals surface area contributed by atoms with Crippen LogP contribution in [-0.4, -0.2) is 33.2 Å². The zero-order valence-electron chi connectivity index (χ0n) is 23.2. The Kier molecular flexibility index (Phi) is 6.10. The molecule has 6 heteroatoms. The van der Waals surface area contributed by atoms with Crippen LogP contribution in [0.5, 0.6) is 0 Å². The van der Waals surface area contributed by atoms with Gasteiger partial charge in [0, 0.05) is 0 Å². The van der Waals surface area contributed by atoms with Crippen molar-refractivity contribution in [1.29, 1.82) is 0 Å². The fourth-order valence-corrected chi connectivity index (χ4v) is 9.82. The molecule has 3 fully saturated rings. The molecule has 0 bridgehead atoms. The number of allylic oxidation sites excluding steroid dienone is 2. The highest BCUT2D eigenvalue weighted by molar-refractivity contribution is 5.75. The van der Waals surface area contributed by atoms with Gasteiger partial charge in [-0.05, 0) is 112 Å². The van der Waals surface area contributed by atoms with Crippen molar-refractivity contribution in [3.63, 3.8) is 0 Å². The Bertz CT molecular complexity index is 1010. The van der Waals surface area contributed by atoms with Crippen molar-refractivity contribution >= 4 is 17.9 Å². The Morgan fingerprint density at radius 1 is 0.944 bits per heavy atom. The lowest BCUT2D eigenvalue weighted by molar-refractivity contribution is -0.187. The first-order chi connectivity index (χ1) is 16.4. The number of carbonyl (C=O) groups is 3. The van der Waals surface area contributed by atoms with E-state index in [1.165, 1.54) is 5.57 Å². The second-order valence-corrected chi connectivity index (χ2v) is 14.7. The highest BCUT2D eigenvalue weighted by Crippen LogP contribution is 2.74. The van der Waals surface area contributed by atoms with Crippen molar-refractivity contribution in [2.45, 2.75) is 106 Å². The van der Waals surface area contributed by atoms with E-state index >= 15 is 0 Å². The van der Waals surface area contributed by atoms with Crippen molar-refractivity contribution in [3.05, 3.63) is 11.6 Å². The number of fused-ring (bicyclic) bond motifs is 5. The molecule has 36 heavy (non-hydrogen) atoms. The van der Waals surface area contributed by atoms with Crippen molar-refractivity contribution < 1.29 is 29.7 Å². The van der Waals surface area contributed by atoms with Gasteiger partial charge >= 0.3 is 17.9 Å². The summed E-state index contributed by atoms with van der Waals surface area (Å²) in [5, 5.41) is 30.2. The minimum absolute atomic E-state index is 0.0356. The van der Waals surface area contributed by atoms with Crippen LogP contribution < -0.4 is 0 Å². The molecule has 0 aromatic carbocycles. The lowest BCUT2D eigenvalue weighted by atomic mass is 9.34. The molecule has 3 N–H and O–H groups in total. The van der Waals surface area contributed by atoms with Gasteiger partial charge in [-0.3, -0.25) is 14.4 Å². The summed E-state index contributed by atoms with van der Waals surface area (Å²) >= 11 is 0. The first-order valence-electron chi connectivity index (χ1n) is 13.8. The molecule has 4 aliphatic rings. The highest BCUT2D eigenvalue weighted by Gasteiger charge is 2.67. The topological polar surface area (TPSA) is 112 Å². The minimum Gasteiger partial charge on any atom is -0.481 e. The summed E-state index contributed by atoms with van der Waals surface area (Å²) in [7, 11) is 0. The smallest absolute Gasteiger partial charge is 0.309 e. The molecule has 0 aliphatic heterocycles. The number of hydrogen-bond acceptors (Lipinski definition) is 3. The third kappa shape index (κ3) is 3.52. The summed E-state index contributed by atoms with van der Waals surface area (Å²) in [4.78, 5) is 36.8. The zero-order valence-corrected chi connectivity index (χ0v) is 23.2. The third-order valence-electron chi connectivity index (χ3n) is 12.6. The van der Waals surface area contributed by atoms with E-state index in [4.69, 9.17) is 0 Å². The maximum absolute atomic E-state index is 12.3. The summed E-state index contributed by atoms with van der Waals surface area (Å²) in [6.07, 6.45) is 8.93. The van der Waals surface area contributed by atoms with E-state index in [9.17, 15) is 29.7 Å². The van der Waals surface area contributed by atoms with Crippen LogP contribution in [0, 0.1) is 50.2 Å². The first-order valence-corrected chi connectivity index (χ1v) is 13.8. The maximum atomic E-state index is 12.3. The van der Waals surface area contributed by atoms with Crippen LogP contribution >= 0.6 is 0 Å². The zero-order chi connectivity index (χ0) is 27.1. The Morgan fingerprint density at radius 2 is 1.56 bits per heavy atom. The van der Waals surface area contributed by atoms with Crippen LogP contribution in [0.25, 0.3) is 0 Å². The van der Waals surface area contributed by atoms with E-state index in [0.717, 1.165) is 32.1 Å². The van der Waals surface area contributed by atoms with Gasteiger partial charge in [0.15, 0.2) is 0 Å². The second kappa shape index (κ2) is 8.07. The average molecular weight is 503 g/mol. The first kappa shape index (κ1) is 27.2. The number of rotatable bonds is 5. The number of carboxylic acids is 3. The predicted octanol–water partition coefficient (Wildman–Crippen LogP) is 6.64. The SMILES string of the molecule is CC(C)(C(=O)O)[C@@H]1CC[C@]2(C)[C@H](CC=C3[C@@H]4C[C@@](C)(C(=O)O)CC[C@]4(C)CC[C@]32C)[C@@]1(C)CC(=O)O. The van der Waals surface area contributed by atoms with Gasteiger partial charge in [-0.2, -0.15) is 0 Å². The van der Waals surface area contributed by atoms with E-state index in [1.807, 2.05) is 13.8 Å². The Morgan fingerprint density at radius 3 is 2.11 bits per heavy atom. The van der Waals surface area contributed by atoms with E-state index in [-0.39, 0.29) is 40.4 Å². The standard InChI is InChI=1S/C30H46O6/c1-25(2,23(33)34)20-10-11-30(7)21(28(20,5)17-22(31)32)9-8-18-19-16-27(4,24(35)36)13-12-26(19,3)14-15-29(18,30)6/h8,19-21H,9-17H2,1-7H3,(H,31,32)(H,33,34)(H,35,36)/t19-,20-,21+,26+,27-,28-,29+,30+/m0/s1. The number of carboxylic acid groups (broad SMARTS) is 3. The lowest BCUT2D eigenvalue weighted by Crippen LogP contribution is -2.63. The molecule has 0 aromatic heterocycles. The maximum Gasteiger partial charge on any atom is 0.309 e. The summed E-state index contributed by atoms with van der Waals surface area (Å²) in [6.45, 7) is 14.5. The molecule has 0 radical (unpaired) electrons. The largest absolute Gasteiger partial charge is 0.481 e. The fourth-order valence-electron chi connectivity index (χ4n) is 9.82. The molecule has 0 amide bonds. The molecule has 3 saturated carbocycles. The van der Waals surface area contributed by atoms with Crippen molar-refractivity contribution in [1.82, 2.24) is 0 Å². The normalized spacial score (nSPS) is 46.5. The molecular weight excluding hydrogens is 456 g/mol. The number of hydrogen-bond donors (Lipinski definition) is 3. The molecule has 0 aromatic rings. The van der Waals surface area contributed by atoms with Crippen LogP contribution in [0.1, 0.15) is 106 Å². The Hall–Kier alpha value is -1.85. The highest BCUT2D eigenvalue weighted by atomic mass is 16.4. The molecule has 6 nitrogen and oxygen atoms in total. The predicted molar refractivity (Wildman–Crippen MR) is 137 cm³/mol. The van der Waals surface area contributed by atoms with Crippen molar-refractivity contribution in [2.75, 3.05) is 0 Å². The minimum atomic E-state index is -1.02. The van der Waals surface area contributed by atoms with Crippen LogP contribution in [0.2, 0.25) is 0 Å². The summed E-state index contributed by atoms with van der Waals surface area (Å²) in [6, 6.07) is 0. The second-order valence-electron chi connectivity index (χ2n) is 14.7. The van der Waals surface area contributed by atoms with Gasteiger partial charge in [0.05, 0.1) is 17.3 Å². The van der Waals surface area contributed by atoms with Crippen LogP contribution in [-0.2, 0) is 14.4 Å².